The van der Waals surface area contributed by atoms with Gasteiger partial charge in [0.25, 0.3) is 0 Å². The summed E-state index contributed by atoms with van der Waals surface area (Å²) in [4.78, 5) is 41.1. The van der Waals surface area contributed by atoms with E-state index in [1.54, 1.807) is 41.0 Å². The largest absolute Gasteiger partial charge is 0.453 e. The lowest BCUT2D eigenvalue weighted by Gasteiger charge is -2.38. The maximum atomic E-state index is 12.5. The van der Waals surface area contributed by atoms with Gasteiger partial charge in [-0.05, 0) is 38.1 Å². The van der Waals surface area contributed by atoms with E-state index < -0.39 is 12.2 Å². The first kappa shape index (κ1) is 23.3. The van der Waals surface area contributed by atoms with Gasteiger partial charge in [0.05, 0.1) is 20.3 Å². The van der Waals surface area contributed by atoms with Crippen molar-refractivity contribution in [1.82, 2.24) is 15.1 Å². The number of nitrogens with one attached hydrogen (secondary N) is 2. The van der Waals surface area contributed by atoms with Crippen molar-refractivity contribution in [3.05, 3.63) is 29.8 Å². The lowest BCUT2D eigenvalue weighted by Crippen LogP contribution is -2.54. The van der Waals surface area contributed by atoms with E-state index in [4.69, 9.17) is 14.9 Å². The summed E-state index contributed by atoms with van der Waals surface area (Å²) in [7, 11) is 1.22. The quantitative estimate of drug-likeness (QED) is 0.401. The maximum Gasteiger partial charge on any atom is 0.414 e. The third-order valence-electron chi connectivity index (χ3n) is 5.67. The summed E-state index contributed by atoms with van der Waals surface area (Å²) in [5.74, 6) is -0.0964. The summed E-state index contributed by atoms with van der Waals surface area (Å²) in [6, 6.07) is 6.69. The second-order valence-electron chi connectivity index (χ2n) is 7.53. The Labute approximate surface area is 186 Å². The Hall–Kier alpha value is -3.34. The van der Waals surface area contributed by atoms with Crippen LogP contribution in [0.3, 0.4) is 0 Å². The van der Waals surface area contributed by atoms with E-state index >= 15 is 0 Å². The van der Waals surface area contributed by atoms with E-state index in [1.807, 2.05) is 6.92 Å². The zero-order chi connectivity index (χ0) is 23.3. The molecule has 11 nitrogen and oxygen atoms in total. The third kappa shape index (κ3) is 5.28. The van der Waals surface area contributed by atoms with Gasteiger partial charge in [-0.1, -0.05) is 0 Å². The number of ether oxygens (including phenoxy) is 3. The first-order chi connectivity index (χ1) is 15.3. The number of piperazine rings is 1. The lowest BCUT2D eigenvalue weighted by atomic mass is 10.1. The number of methoxy groups -OCH3 is 1. The zero-order valence-electron chi connectivity index (χ0n) is 18.5. The average molecular weight is 447 g/mol. The summed E-state index contributed by atoms with van der Waals surface area (Å²) < 4.78 is 15.2. The van der Waals surface area contributed by atoms with Crippen LogP contribution in [0.15, 0.2) is 24.3 Å². The van der Waals surface area contributed by atoms with Crippen LogP contribution >= 0.6 is 0 Å². The van der Waals surface area contributed by atoms with E-state index in [9.17, 15) is 14.4 Å². The predicted molar refractivity (Wildman–Crippen MR) is 116 cm³/mol. The number of amides is 3. The molecule has 2 atom stereocenters. The molecule has 2 saturated heterocycles. The SMILES string of the molecule is CCOC(=O)N1CCN(C(C)C2CN(c3ccc(C(=N)NC(=O)OC)cc3)C(=O)O2)CC1. The van der Waals surface area contributed by atoms with Gasteiger partial charge in [-0.3, -0.25) is 20.5 Å². The van der Waals surface area contributed by atoms with Crippen LogP contribution in [0, 0.1) is 5.41 Å². The number of hydrogen-bond acceptors (Lipinski definition) is 8. The molecule has 0 aliphatic carbocycles. The first-order valence-corrected chi connectivity index (χ1v) is 10.5. The van der Waals surface area contributed by atoms with Crippen molar-refractivity contribution in [2.75, 3.05) is 51.3 Å². The Morgan fingerprint density at radius 3 is 2.47 bits per heavy atom. The van der Waals surface area contributed by atoms with E-state index in [0.717, 1.165) is 0 Å². The Bertz CT molecular complexity index is 853. The summed E-state index contributed by atoms with van der Waals surface area (Å²) in [6.07, 6.45) is -1.75. The average Bonchev–Trinajstić information content (AvgIpc) is 3.20. The molecule has 2 aliphatic heterocycles. The number of rotatable bonds is 5. The number of benzene rings is 1. The highest BCUT2D eigenvalue weighted by Gasteiger charge is 2.39. The summed E-state index contributed by atoms with van der Waals surface area (Å²) in [6.45, 7) is 7.05. The smallest absolute Gasteiger partial charge is 0.414 e. The van der Waals surface area contributed by atoms with Crippen LogP contribution < -0.4 is 10.2 Å². The Balaban J connectivity index is 1.56. The molecule has 2 fully saturated rings. The van der Waals surface area contributed by atoms with E-state index in [2.05, 4.69) is 15.0 Å². The molecule has 3 rings (SSSR count). The minimum Gasteiger partial charge on any atom is -0.453 e. The van der Waals surface area contributed by atoms with Crippen molar-refractivity contribution >= 4 is 29.8 Å². The minimum atomic E-state index is -0.720. The summed E-state index contributed by atoms with van der Waals surface area (Å²) in [5, 5.41) is 10.2. The van der Waals surface area contributed by atoms with Crippen LogP contribution in [0.5, 0.6) is 0 Å². The molecule has 3 amide bonds. The molecule has 11 heteroatoms. The summed E-state index contributed by atoms with van der Waals surface area (Å²) in [5.41, 5.74) is 1.13. The van der Waals surface area contributed by atoms with E-state index in [-0.39, 0.29) is 24.1 Å². The van der Waals surface area contributed by atoms with Gasteiger partial charge in [-0.25, -0.2) is 14.4 Å². The molecular formula is C21H29N5O6. The van der Waals surface area contributed by atoms with Gasteiger partial charge in [0.15, 0.2) is 0 Å². The molecule has 0 spiro atoms. The number of anilines is 1. The van der Waals surface area contributed by atoms with Gasteiger partial charge < -0.3 is 19.1 Å². The van der Waals surface area contributed by atoms with Crippen molar-refractivity contribution in [3.63, 3.8) is 0 Å². The lowest BCUT2D eigenvalue weighted by molar-refractivity contribution is 0.0315. The van der Waals surface area contributed by atoms with Crippen molar-refractivity contribution in [1.29, 1.82) is 5.41 Å². The zero-order valence-corrected chi connectivity index (χ0v) is 18.5. The van der Waals surface area contributed by atoms with Gasteiger partial charge in [-0.15, -0.1) is 0 Å². The fourth-order valence-electron chi connectivity index (χ4n) is 3.74. The van der Waals surface area contributed by atoms with Gasteiger partial charge in [0.2, 0.25) is 0 Å². The molecule has 174 valence electrons. The second kappa shape index (κ2) is 10.3. The normalized spacial score (nSPS) is 19.8. The number of amidine groups is 1. The van der Waals surface area contributed by atoms with Crippen LogP contribution in [-0.4, -0.2) is 92.5 Å². The molecule has 0 bridgehead atoms. The van der Waals surface area contributed by atoms with Crippen molar-refractivity contribution in [3.8, 4) is 0 Å². The Morgan fingerprint density at radius 1 is 1.22 bits per heavy atom. The number of alkyl carbamates (subject to hydrolysis) is 1. The minimum absolute atomic E-state index is 0.00926. The van der Waals surface area contributed by atoms with Gasteiger partial charge >= 0.3 is 18.3 Å². The molecule has 1 aromatic carbocycles. The highest BCUT2D eigenvalue weighted by Crippen LogP contribution is 2.25. The molecule has 0 radical (unpaired) electrons. The Morgan fingerprint density at radius 2 is 1.88 bits per heavy atom. The molecular weight excluding hydrogens is 418 g/mol. The van der Waals surface area contributed by atoms with E-state index in [0.29, 0.717) is 50.6 Å². The second-order valence-corrected chi connectivity index (χ2v) is 7.53. The number of carbonyl (C=O) groups excluding carboxylic acids is 3. The third-order valence-corrected chi connectivity index (χ3v) is 5.67. The fourth-order valence-corrected chi connectivity index (χ4v) is 3.74. The standard InChI is InChI=1S/C21H29N5O6/c1-4-31-20(28)25-11-9-24(10-12-25)14(2)17-13-26(21(29)32-17)16-7-5-15(6-8-16)18(22)23-19(27)30-3/h5-8,14,17H,4,9-13H2,1-3H3,(H2,22,23,27). The molecule has 2 aliphatic rings. The molecule has 1 aromatic rings. The molecule has 2 N–H and O–H groups in total. The van der Waals surface area contributed by atoms with Crippen LogP contribution in [-0.2, 0) is 14.2 Å². The number of hydrogen-bond donors (Lipinski definition) is 2. The van der Waals surface area contributed by atoms with E-state index in [1.165, 1.54) is 7.11 Å². The molecule has 0 saturated carbocycles. The molecule has 2 unspecified atom stereocenters. The van der Waals surface area contributed by atoms with Gasteiger partial charge in [0, 0.05) is 43.5 Å². The number of cyclic esters (lactones) is 1. The Kier molecular flexibility index (Phi) is 7.52. The number of nitrogens with zero attached hydrogens (tertiary/aromatic N) is 3. The maximum absolute atomic E-state index is 12.5. The van der Waals surface area contributed by atoms with Crippen LogP contribution in [0.25, 0.3) is 0 Å². The highest BCUT2D eigenvalue weighted by atomic mass is 16.6. The van der Waals surface area contributed by atoms with Gasteiger partial charge in [-0.2, -0.15) is 0 Å². The van der Waals surface area contributed by atoms with Crippen LogP contribution in [0.4, 0.5) is 20.1 Å². The molecule has 32 heavy (non-hydrogen) atoms. The van der Waals surface area contributed by atoms with Crippen LogP contribution in [0.2, 0.25) is 0 Å². The van der Waals surface area contributed by atoms with Crippen molar-refractivity contribution < 1.29 is 28.6 Å². The van der Waals surface area contributed by atoms with Crippen LogP contribution in [0.1, 0.15) is 19.4 Å². The van der Waals surface area contributed by atoms with Crippen molar-refractivity contribution in [2.24, 2.45) is 0 Å². The summed E-state index contributed by atoms with van der Waals surface area (Å²) >= 11 is 0. The molecule has 0 aromatic heterocycles. The van der Waals surface area contributed by atoms with Gasteiger partial charge in [0.1, 0.15) is 11.9 Å². The topological polar surface area (TPSA) is 125 Å². The highest BCUT2D eigenvalue weighted by molar-refractivity contribution is 6.04. The first-order valence-electron chi connectivity index (χ1n) is 10.5. The predicted octanol–water partition coefficient (Wildman–Crippen LogP) is 1.86. The van der Waals surface area contributed by atoms with Crippen molar-refractivity contribution in [2.45, 2.75) is 26.0 Å². The fraction of sp³-hybridized carbons (Fsp3) is 0.524. The molecule has 2 heterocycles. The number of carbonyl (C=O) groups is 3. The monoisotopic (exact) mass is 447 g/mol.